The van der Waals surface area contributed by atoms with Gasteiger partial charge in [0.1, 0.15) is 0 Å². The maximum atomic E-state index is 12.6. The average Bonchev–Trinajstić information content (AvgIpc) is 3.21. The first-order chi connectivity index (χ1) is 14.1. The Morgan fingerprint density at radius 1 is 1.31 bits per heavy atom. The largest absolute Gasteiger partial charge is 0.493 e. The summed E-state index contributed by atoms with van der Waals surface area (Å²) in [6.07, 6.45) is 1.50. The number of methoxy groups -OCH3 is 2. The quantitative estimate of drug-likeness (QED) is 0.478. The van der Waals surface area contributed by atoms with Crippen LogP contribution in [0.4, 0.5) is 0 Å². The van der Waals surface area contributed by atoms with Gasteiger partial charge in [-0.15, -0.1) is 11.8 Å². The fourth-order valence-corrected chi connectivity index (χ4v) is 5.03. The van der Waals surface area contributed by atoms with Gasteiger partial charge in [0, 0.05) is 25.3 Å². The summed E-state index contributed by atoms with van der Waals surface area (Å²) in [6.45, 7) is 2.98. The number of nitrogens with one attached hydrogen (secondary N) is 1. The van der Waals surface area contributed by atoms with Gasteiger partial charge in [-0.05, 0) is 31.0 Å². The molecule has 0 radical (unpaired) electrons. The van der Waals surface area contributed by atoms with E-state index in [1.807, 2.05) is 25.1 Å². The highest BCUT2D eigenvalue weighted by molar-refractivity contribution is 8.00. The van der Waals surface area contributed by atoms with Gasteiger partial charge in [0.25, 0.3) is 5.56 Å². The summed E-state index contributed by atoms with van der Waals surface area (Å²) in [5.41, 5.74) is 1.92. The SMILES string of the molecule is CCn1c(SCC(=O)NCCc2ccc(OC)c(OC)c2)nc2c(c1=O)SCC2. The summed E-state index contributed by atoms with van der Waals surface area (Å²) in [5.74, 6) is 2.39. The van der Waals surface area contributed by atoms with Crippen LogP contribution >= 0.6 is 23.5 Å². The Balaban J connectivity index is 1.53. The lowest BCUT2D eigenvalue weighted by Gasteiger charge is -2.12. The standard InChI is InChI=1S/C20H25N3O4S2/c1-4-23-19(25)18-14(8-10-28-18)22-20(23)29-12-17(24)21-9-7-13-5-6-15(26-2)16(11-13)27-3/h5-6,11H,4,7-10,12H2,1-3H3,(H,21,24). The van der Waals surface area contributed by atoms with Gasteiger partial charge in [-0.1, -0.05) is 17.8 Å². The predicted octanol–water partition coefficient (Wildman–Crippen LogP) is 2.38. The molecule has 0 aliphatic carbocycles. The molecule has 0 saturated carbocycles. The maximum Gasteiger partial charge on any atom is 0.268 e. The molecule has 3 rings (SSSR count). The third-order valence-corrected chi connectivity index (χ3v) is 6.66. The van der Waals surface area contributed by atoms with Crippen molar-refractivity contribution in [3.8, 4) is 11.5 Å². The number of hydrogen-bond donors (Lipinski definition) is 1. The normalized spacial score (nSPS) is 12.5. The van der Waals surface area contributed by atoms with E-state index in [4.69, 9.17) is 9.47 Å². The van der Waals surface area contributed by atoms with Crippen molar-refractivity contribution in [3.63, 3.8) is 0 Å². The third-order valence-electron chi connectivity index (χ3n) is 4.58. The number of rotatable bonds is 9. The lowest BCUT2D eigenvalue weighted by atomic mass is 10.1. The highest BCUT2D eigenvalue weighted by atomic mass is 32.2. The van der Waals surface area contributed by atoms with E-state index in [1.165, 1.54) is 11.8 Å². The number of nitrogens with zero attached hydrogens (tertiary/aromatic N) is 2. The van der Waals surface area contributed by atoms with E-state index in [2.05, 4.69) is 10.3 Å². The Labute approximate surface area is 178 Å². The first-order valence-corrected chi connectivity index (χ1v) is 11.4. The van der Waals surface area contributed by atoms with Crippen LogP contribution in [0.2, 0.25) is 0 Å². The molecule has 2 heterocycles. The van der Waals surface area contributed by atoms with Crippen LogP contribution in [0.25, 0.3) is 0 Å². The molecule has 0 bridgehead atoms. The lowest BCUT2D eigenvalue weighted by molar-refractivity contribution is -0.118. The molecule has 0 spiro atoms. The zero-order valence-corrected chi connectivity index (χ0v) is 18.5. The van der Waals surface area contributed by atoms with E-state index in [0.29, 0.717) is 36.2 Å². The van der Waals surface area contributed by atoms with Crippen LogP contribution in [-0.2, 0) is 24.2 Å². The van der Waals surface area contributed by atoms with Crippen molar-refractivity contribution in [3.05, 3.63) is 39.8 Å². The van der Waals surface area contributed by atoms with Crippen molar-refractivity contribution < 1.29 is 14.3 Å². The molecule has 0 unspecified atom stereocenters. The van der Waals surface area contributed by atoms with E-state index in [1.54, 1.807) is 30.5 Å². The Bertz CT molecular complexity index is 946. The predicted molar refractivity (Wildman–Crippen MR) is 116 cm³/mol. The van der Waals surface area contributed by atoms with Crippen LogP contribution in [0.15, 0.2) is 33.0 Å². The van der Waals surface area contributed by atoms with Gasteiger partial charge >= 0.3 is 0 Å². The zero-order chi connectivity index (χ0) is 20.8. The Morgan fingerprint density at radius 2 is 2.10 bits per heavy atom. The van der Waals surface area contributed by atoms with Gasteiger partial charge in [-0.25, -0.2) is 4.98 Å². The fraction of sp³-hybridized carbons (Fsp3) is 0.450. The van der Waals surface area contributed by atoms with Crippen molar-refractivity contribution in [1.82, 2.24) is 14.9 Å². The summed E-state index contributed by atoms with van der Waals surface area (Å²) in [5, 5.41) is 3.54. The fourth-order valence-electron chi connectivity index (χ4n) is 3.08. The Morgan fingerprint density at radius 3 is 2.83 bits per heavy atom. The molecule has 1 N–H and O–H groups in total. The monoisotopic (exact) mass is 435 g/mol. The molecule has 156 valence electrons. The van der Waals surface area contributed by atoms with Gasteiger partial charge in [0.15, 0.2) is 16.7 Å². The van der Waals surface area contributed by atoms with Crippen molar-refractivity contribution in [1.29, 1.82) is 0 Å². The van der Waals surface area contributed by atoms with E-state index >= 15 is 0 Å². The summed E-state index contributed by atoms with van der Waals surface area (Å²) in [4.78, 5) is 30.2. The number of ether oxygens (including phenoxy) is 2. The number of carbonyl (C=O) groups is 1. The molecule has 1 aromatic carbocycles. The van der Waals surface area contributed by atoms with Crippen LogP contribution < -0.4 is 20.3 Å². The second-order valence-corrected chi connectivity index (χ2v) is 8.44. The van der Waals surface area contributed by atoms with E-state index in [0.717, 1.165) is 28.3 Å². The first kappa shape index (κ1) is 21.6. The summed E-state index contributed by atoms with van der Waals surface area (Å²) >= 11 is 2.88. The van der Waals surface area contributed by atoms with Crippen molar-refractivity contribution in [2.45, 2.75) is 36.4 Å². The minimum atomic E-state index is -0.0812. The molecule has 1 amide bonds. The number of thioether (sulfide) groups is 2. The lowest BCUT2D eigenvalue weighted by Crippen LogP contribution is -2.28. The van der Waals surface area contributed by atoms with Crippen LogP contribution in [0.3, 0.4) is 0 Å². The Kier molecular flexibility index (Phi) is 7.49. The third kappa shape index (κ3) is 5.08. The number of benzene rings is 1. The number of fused-ring (bicyclic) bond motifs is 1. The van der Waals surface area contributed by atoms with Crippen molar-refractivity contribution in [2.24, 2.45) is 0 Å². The second-order valence-electron chi connectivity index (χ2n) is 6.40. The second kappa shape index (κ2) is 10.1. The molecule has 9 heteroatoms. The van der Waals surface area contributed by atoms with E-state index in [-0.39, 0.29) is 17.2 Å². The van der Waals surface area contributed by atoms with Gasteiger partial charge in [-0.2, -0.15) is 0 Å². The average molecular weight is 436 g/mol. The first-order valence-electron chi connectivity index (χ1n) is 9.44. The van der Waals surface area contributed by atoms with Crippen molar-refractivity contribution in [2.75, 3.05) is 32.3 Å². The molecule has 7 nitrogen and oxygen atoms in total. The number of carbonyl (C=O) groups excluding carboxylic acids is 1. The number of aromatic nitrogens is 2. The summed E-state index contributed by atoms with van der Waals surface area (Å²) < 4.78 is 12.2. The highest BCUT2D eigenvalue weighted by Gasteiger charge is 2.21. The molecular formula is C20H25N3O4S2. The maximum absolute atomic E-state index is 12.6. The van der Waals surface area contributed by atoms with E-state index in [9.17, 15) is 9.59 Å². The van der Waals surface area contributed by atoms with Gasteiger partial charge in [0.05, 0.1) is 30.6 Å². The Hall–Kier alpha value is -2.13. The minimum Gasteiger partial charge on any atom is -0.493 e. The molecule has 1 aromatic heterocycles. The highest BCUT2D eigenvalue weighted by Crippen LogP contribution is 2.29. The molecule has 2 aromatic rings. The number of aryl methyl sites for hydroxylation is 1. The molecule has 0 fully saturated rings. The van der Waals surface area contributed by atoms with Crippen molar-refractivity contribution >= 4 is 29.4 Å². The van der Waals surface area contributed by atoms with E-state index < -0.39 is 0 Å². The molecule has 0 atom stereocenters. The molecular weight excluding hydrogens is 410 g/mol. The molecule has 1 aliphatic heterocycles. The van der Waals surface area contributed by atoms with Crippen LogP contribution in [-0.4, -0.2) is 47.7 Å². The summed E-state index contributed by atoms with van der Waals surface area (Å²) in [7, 11) is 3.20. The molecule has 1 aliphatic rings. The number of hydrogen-bond acceptors (Lipinski definition) is 7. The molecule has 29 heavy (non-hydrogen) atoms. The van der Waals surface area contributed by atoms with Gasteiger partial charge in [-0.3, -0.25) is 14.2 Å². The van der Waals surface area contributed by atoms with Gasteiger partial charge < -0.3 is 14.8 Å². The number of amides is 1. The smallest absolute Gasteiger partial charge is 0.268 e. The molecule has 0 saturated heterocycles. The van der Waals surface area contributed by atoms with Crippen LogP contribution in [0, 0.1) is 0 Å². The minimum absolute atomic E-state index is 0.0105. The van der Waals surface area contributed by atoms with Gasteiger partial charge in [0.2, 0.25) is 5.91 Å². The topological polar surface area (TPSA) is 82.5 Å². The van der Waals surface area contributed by atoms with Crippen LogP contribution in [0.5, 0.6) is 11.5 Å². The zero-order valence-electron chi connectivity index (χ0n) is 16.8. The van der Waals surface area contributed by atoms with Crippen LogP contribution in [0.1, 0.15) is 18.2 Å². The summed E-state index contributed by atoms with van der Waals surface area (Å²) in [6, 6.07) is 5.72.